The van der Waals surface area contributed by atoms with Crippen LogP contribution < -0.4 is 5.32 Å². The molecule has 4 nitrogen and oxygen atoms in total. The van der Waals surface area contributed by atoms with Crippen molar-refractivity contribution >= 4 is 17.3 Å². The van der Waals surface area contributed by atoms with E-state index in [0.717, 1.165) is 49.5 Å². The summed E-state index contributed by atoms with van der Waals surface area (Å²) in [5.74, 6) is 1.86. The van der Waals surface area contributed by atoms with E-state index in [-0.39, 0.29) is 0 Å². The molecule has 2 rings (SSSR count). The summed E-state index contributed by atoms with van der Waals surface area (Å²) < 4.78 is 0. The van der Waals surface area contributed by atoms with Gasteiger partial charge in [-0.25, -0.2) is 4.98 Å². The standard InChI is InChI=1S/C16H28N4S/c1-5-17-16(20-10-6-7-12(2)11-20)18-9-8-15-13(3)19-14(4)21-15/h12H,5-11H2,1-4H3,(H,17,18). The van der Waals surface area contributed by atoms with Crippen LogP contribution in [0.25, 0.3) is 0 Å². The molecule has 1 aromatic rings. The Morgan fingerprint density at radius 2 is 2.29 bits per heavy atom. The highest BCUT2D eigenvalue weighted by Gasteiger charge is 2.19. The maximum absolute atomic E-state index is 4.83. The van der Waals surface area contributed by atoms with Gasteiger partial charge in [0.15, 0.2) is 5.96 Å². The van der Waals surface area contributed by atoms with E-state index in [2.05, 4.69) is 42.9 Å². The molecule has 0 aliphatic carbocycles. The fourth-order valence-electron chi connectivity index (χ4n) is 2.88. The summed E-state index contributed by atoms with van der Waals surface area (Å²) in [6.07, 6.45) is 3.61. The van der Waals surface area contributed by atoms with Crippen molar-refractivity contribution in [1.82, 2.24) is 15.2 Å². The van der Waals surface area contributed by atoms with Crippen LogP contribution in [0.3, 0.4) is 0 Å². The van der Waals surface area contributed by atoms with Gasteiger partial charge in [0, 0.05) is 37.5 Å². The third-order valence-electron chi connectivity index (χ3n) is 3.89. The van der Waals surface area contributed by atoms with Gasteiger partial charge in [0.1, 0.15) is 0 Å². The van der Waals surface area contributed by atoms with Gasteiger partial charge in [0.25, 0.3) is 0 Å². The first-order chi connectivity index (χ1) is 10.1. The zero-order chi connectivity index (χ0) is 15.2. The molecule has 5 heteroatoms. The minimum Gasteiger partial charge on any atom is -0.357 e. The first kappa shape index (κ1) is 16.3. The molecule has 1 aromatic heterocycles. The van der Waals surface area contributed by atoms with E-state index in [4.69, 9.17) is 4.99 Å². The topological polar surface area (TPSA) is 40.5 Å². The summed E-state index contributed by atoms with van der Waals surface area (Å²) in [5, 5.41) is 4.60. The van der Waals surface area contributed by atoms with Gasteiger partial charge in [-0.05, 0) is 39.5 Å². The predicted molar refractivity (Wildman–Crippen MR) is 91.2 cm³/mol. The van der Waals surface area contributed by atoms with Gasteiger partial charge in [0.05, 0.1) is 10.7 Å². The van der Waals surface area contributed by atoms with Crippen LogP contribution >= 0.6 is 11.3 Å². The second-order valence-corrected chi connectivity index (χ2v) is 7.21. The molecule has 21 heavy (non-hydrogen) atoms. The van der Waals surface area contributed by atoms with Crippen LogP contribution in [0.5, 0.6) is 0 Å². The zero-order valence-electron chi connectivity index (χ0n) is 13.8. The van der Waals surface area contributed by atoms with Crippen LogP contribution in [-0.4, -0.2) is 42.0 Å². The van der Waals surface area contributed by atoms with Gasteiger partial charge in [-0.1, -0.05) is 6.92 Å². The van der Waals surface area contributed by atoms with E-state index < -0.39 is 0 Å². The first-order valence-electron chi connectivity index (χ1n) is 8.06. The fraction of sp³-hybridized carbons (Fsp3) is 0.750. The molecule has 1 atom stereocenters. The predicted octanol–water partition coefficient (Wildman–Crippen LogP) is 3.00. The Morgan fingerprint density at radius 3 is 2.90 bits per heavy atom. The van der Waals surface area contributed by atoms with Gasteiger partial charge in [-0.15, -0.1) is 11.3 Å². The second-order valence-electron chi connectivity index (χ2n) is 5.92. The molecule has 0 radical (unpaired) electrons. The van der Waals surface area contributed by atoms with Crippen LogP contribution in [-0.2, 0) is 6.42 Å². The lowest BCUT2D eigenvalue weighted by Crippen LogP contribution is -2.46. The molecule has 1 aliphatic heterocycles. The average molecular weight is 308 g/mol. The van der Waals surface area contributed by atoms with Crippen LogP contribution in [0.4, 0.5) is 0 Å². The quantitative estimate of drug-likeness (QED) is 0.686. The lowest BCUT2D eigenvalue weighted by molar-refractivity contribution is 0.266. The number of hydrogen-bond donors (Lipinski definition) is 1. The number of thiazole rings is 1. The van der Waals surface area contributed by atoms with E-state index in [1.54, 1.807) is 11.3 Å². The molecule has 0 aromatic carbocycles. The minimum absolute atomic E-state index is 0.772. The number of aryl methyl sites for hydroxylation is 2. The summed E-state index contributed by atoms with van der Waals surface area (Å²) in [5.41, 5.74) is 1.17. The fourth-order valence-corrected chi connectivity index (χ4v) is 3.80. The summed E-state index contributed by atoms with van der Waals surface area (Å²) in [6.45, 7) is 12.7. The summed E-state index contributed by atoms with van der Waals surface area (Å²) in [4.78, 5) is 13.1. The molecule has 0 bridgehead atoms. The minimum atomic E-state index is 0.772. The van der Waals surface area contributed by atoms with Crippen LogP contribution in [0.2, 0.25) is 0 Å². The molecule has 0 saturated carbocycles. The van der Waals surface area contributed by atoms with E-state index in [1.807, 2.05) is 0 Å². The second kappa shape index (κ2) is 7.78. The first-order valence-corrected chi connectivity index (χ1v) is 8.88. The van der Waals surface area contributed by atoms with Gasteiger partial charge in [-0.3, -0.25) is 4.99 Å². The number of piperidine rings is 1. The van der Waals surface area contributed by atoms with E-state index in [0.29, 0.717) is 0 Å². The number of nitrogens with one attached hydrogen (secondary N) is 1. The van der Waals surface area contributed by atoms with Crippen molar-refractivity contribution in [3.8, 4) is 0 Å². The van der Waals surface area contributed by atoms with Crippen LogP contribution in [0, 0.1) is 19.8 Å². The van der Waals surface area contributed by atoms with Crippen molar-refractivity contribution in [2.45, 2.75) is 47.0 Å². The number of likely N-dealkylation sites (tertiary alicyclic amines) is 1. The van der Waals surface area contributed by atoms with Crippen molar-refractivity contribution in [2.24, 2.45) is 10.9 Å². The Morgan fingerprint density at radius 1 is 1.48 bits per heavy atom. The number of aliphatic imine (C=N–C) groups is 1. The highest BCUT2D eigenvalue weighted by atomic mass is 32.1. The third-order valence-corrected chi connectivity index (χ3v) is 5.02. The molecule has 1 N–H and O–H groups in total. The van der Waals surface area contributed by atoms with Gasteiger partial charge >= 0.3 is 0 Å². The number of hydrogen-bond acceptors (Lipinski definition) is 3. The lowest BCUT2D eigenvalue weighted by atomic mass is 10.0. The summed E-state index contributed by atoms with van der Waals surface area (Å²) >= 11 is 1.80. The van der Waals surface area contributed by atoms with Crippen LogP contribution in [0.1, 0.15) is 42.3 Å². The van der Waals surface area contributed by atoms with Crippen molar-refractivity contribution in [2.75, 3.05) is 26.2 Å². The summed E-state index contributed by atoms with van der Waals surface area (Å²) in [6, 6.07) is 0. The monoisotopic (exact) mass is 308 g/mol. The van der Waals surface area contributed by atoms with E-state index >= 15 is 0 Å². The van der Waals surface area contributed by atoms with Gasteiger partial charge in [0.2, 0.25) is 0 Å². The molecule has 1 aliphatic rings. The van der Waals surface area contributed by atoms with Crippen molar-refractivity contribution in [1.29, 1.82) is 0 Å². The third kappa shape index (κ3) is 4.70. The van der Waals surface area contributed by atoms with Crippen molar-refractivity contribution < 1.29 is 0 Å². The zero-order valence-corrected chi connectivity index (χ0v) is 14.6. The highest BCUT2D eigenvalue weighted by Crippen LogP contribution is 2.18. The lowest BCUT2D eigenvalue weighted by Gasteiger charge is -2.33. The largest absolute Gasteiger partial charge is 0.357 e. The molecular formula is C16H28N4S. The SMILES string of the molecule is CCNC(=NCCc1sc(C)nc1C)N1CCCC(C)C1. The average Bonchev–Trinajstić information content (AvgIpc) is 2.76. The number of nitrogens with zero attached hydrogens (tertiary/aromatic N) is 3. The number of guanidine groups is 1. The van der Waals surface area contributed by atoms with Gasteiger partial charge < -0.3 is 10.2 Å². The van der Waals surface area contributed by atoms with E-state index in [9.17, 15) is 0 Å². The van der Waals surface area contributed by atoms with Gasteiger partial charge in [-0.2, -0.15) is 0 Å². The summed E-state index contributed by atoms with van der Waals surface area (Å²) in [7, 11) is 0. The maximum atomic E-state index is 4.83. The highest BCUT2D eigenvalue weighted by molar-refractivity contribution is 7.11. The number of aromatic nitrogens is 1. The molecule has 1 fully saturated rings. The Hall–Kier alpha value is -1.10. The van der Waals surface area contributed by atoms with Crippen molar-refractivity contribution in [3.63, 3.8) is 0 Å². The van der Waals surface area contributed by atoms with Crippen LogP contribution in [0.15, 0.2) is 4.99 Å². The Labute approximate surface area is 132 Å². The molecule has 118 valence electrons. The Bertz CT molecular complexity index is 481. The molecule has 1 unspecified atom stereocenters. The smallest absolute Gasteiger partial charge is 0.193 e. The molecule has 2 heterocycles. The Kier molecular flexibility index (Phi) is 6.03. The van der Waals surface area contributed by atoms with E-state index in [1.165, 1.54) is 23.4 Å². The molecular weight excluding hydrogens is 280 g/mol. The molecule has 0 spiro atoms. The Balaban J connectivity index is 1.95. The maximum Gasteiger partial charge on any atom is 0.193 e. The van der Waals surface area contributed by atoms with Crippen molar-refractivity contribution in [3.05, 3.63) is 15.6 Å². The normalized spacial score (nSPS) is 19.9. The number of rotatable bonds is 4. The molecule has 0 amide bonds. The molecule has 1 saturated heterocycles.